The zero-order valence-corrected chi connectivity index (χ0v) is 9.10. The minimum absolute atomic E-state index is 0.506. The van der Waals surface area contributed by atoms with Gasteiger partial charge in [0.05, 0.1) is 23.8 Å². The molecule has 84 valence electrons. The molecule has 16 heavy (non-hydrogen) atoms. The Bertz CT molecular complexity index is 490. The van der Waals surface area contributed by atoms with E-state index in [1.165, 1.54) is 0 Å². The van der Waals surface area contributed by atoms with Gasteiger partial charge in [0.1, 0.15) is 0 Å². The van der Waals surface area contributed by atoms with Crippen molar-refractivity contribution in [2.45, 2.75) is 6.92 Å². The fourth-order valence-electron chi connectivity index (χ4n) is 1.36. The Hall–Kier alpha value is -2.15. The molecular formula is C9H13N7. The average molecular weight is 219 g/mol. The largest absolute Gasteiger partial charge is 0.336 e. The SMILES string of the molecule is Cc1nn(C)cc1Nc1cncc(NN)n1. The van der Waals surface area contributed by atoms with Crippen LogP contribution in [0.25, 0.3) is 0 Å². The number of nitrogen functional groups attached to an aromatic ring is 1. The van der Waals surface area contributed by atoms with E-state index in [-0.39, 0.29) is 0 Å². The van der Waals surface area contributed by atoms with Gasteiger partial charge in [-0.05, 0) is 6.92 Å². The first-order valence-electron chi connectivity index (χ1n) is 4.75. The van der Waals surface area contributed by atoms with Crippen molar-refractivity contribution < 1.29 is 0 Å². The molecule has 0 aliphatic heterocycles. The van der Waals surface area contributed by atoms with E-state index in [0.29, 0.717) is 11.6 Å². The van der Waals surface area contributed by atoms with Crippen LogP contribution in [0.4, 0.5) is 17.3 Å². The molecule has 2 rings (SSSR count). The molecule has 0 saturated heterocycles. The highest BCUT2D eigenvalue weighted by molar-refractivity contribution is 5.58. The highest BCUT2D eigenvalue weighted by atomic mass is 15.3. The molecular weight excluding hydrogens is 206 g/mol. The quantitative estimate of drug-likeness (QED) is 0.515. The van der Waals surface area contributed by atoms with Gasteiger partial charge in [0.15, 0.2) is 11.6 Å². The predicted octanol–water partition coefficient (Wildman–Crippen LogP) is 0.548. The van der Waals surface area contributed by atoms with Gasteiger partial charge in [0, 0.05) is 13.2 Å². The zero-order valence-electron chi connectivity index (χ0n) is 9.10. The highest BCUT2D eigenvalue weighted by Crippen LogP contribution is 2.17. The van der Waals surface area contributed by atoms with Gasteiger partial charge >= 0.3 is 0 Å². The summed E-state index contributed by atoms with van der Waals surface area (Å²) in [6.07, 6.45) is 5.04. The summed E-state index contributed by atoms with van der Waals surface area (Å²) in [6.45, 7) is 1.92. The van der Waals surface area contributed by atoms with Crippen LogP contribution in [-0.4, -0.2) is 19.7 Å². The molecule has 7 nitrogen and oxygen atoms in total. The summed E-state index contributed by atoms with van der Waals surface area (Å²) >= 11 is 0. The summed E-state index contributed by atoms with van der Waals surface area (Å²) in [5.74, 6) is 6.37. The van der Waals surface area contributed by atoms with Crippen LogP contribution in [0, 0.1) is 6.92 Å². The summed E-state index contributed by atoms with van der Waals surface area (Å²) in [4.78, 5) is 8.18. The van der Waals surface area contributed by atoms with E-state index in [2.05, 4.69) is 25.8 Å². The minimum atomic E-state index is 0.506. The smallest absolute Gasteiger partial charge is 0.160 e. The third-order valence-electron chi connectivity index (χ3n) is 2.06. The van der Waals surface area contributed by atoms with Crippen molar-refractivity contribution in [2.75, 3.05) is 10.7 Å². The van der Waals surface area contributed by atoms with Crippen LogP contribution in [0.15, 0.2) is 18.6 Å². The third-order valence-corrected chi connectivity index (χ3v) is 2.06. The number of hydrazine groups is 1. The normalized spacial score (nSPS) is 10.2. The Kier molecular flexibility index (Phi) is 2.69. The van der Waals surface area contributed by atoms with Crippen LogP contribution in [-0.2, 0) is 7.05 Å². The van der Waals surface area contributed by atoms with Gasteiger partial charge in [0.2, 0.25) is 0 Å². The number of nitrogens with zero attached hydrogens (tertiary/aromatic N) is 4. The first-order valence-corrected chi connectivity index (χ1v) is 4.75. The van der Waals surface area contributed by atoms with Crippen LogP contribution >= 0.6 is 0 Å². The molecule has 0 aliphatic rings. The number of aryl methyl sites for hydroxylation is 2. The lowest BCUT2D eigenvalue weighted by molar-refractivity contribution is 0.756. The summed E-state index contributed by atoms with van der Waals surface area (Å²) in [5.41, 5.74) is 4.23. The molecule has 0 bridgehead atoms. The number of nitrogens with two attached hydrogens (primary N) is 1. The Morgan fingerprint density at radius 3 is 2.69 bits per heavy atom. The van der Waals surface area contributed by atoms with Crippen molar-refractivity contribution in [3.63, 3.8) is 0 Å². The standard InChI is InChI=1S/C9H13N7/c1-6-7(5-16(2)15-6)12-8-3-11-4-9(13-8)14-10/h3-5H,10H2,1-2H3,(H2,12,13,14). The van der Waals surface area contributed by atoms with E-state index in [1.54, 1.807) is 17.1 Å². The van der Waals surface area contributed by atoms with Gasteiger partial charge < -0.3 is 10.7 Å². The predicted molar refractivity (Wildman–Crippen MR) is 61.1 cm³/mol. The molecule has 0 aliphatic carbocycles. The van der Waals surface area contributed by atoms with Crippen molar-refractivity contribution in [3.8, 4) is 0 Å². The van der Waals surface area contributed by atoms with Crippen LogP contribution in [0.3, 0.4) is 0 Å². The van der Waals surface area contributed by atoms with Crippen molar-refractivity contribution in [3.05, 3.63) is 24.3 Å². The fourth-order valence-corrected chi connectivity index (χ4v) is 1.36. The van der Waals surface area contributed by atoms with Gasteiger partial charge in [-0.25, -0.2) is 10.8 Å². The summed E-state index contributed by atoms with van der Waals surface area (Å²) in [6, 6.07) is 0. The van der Waals surface area contributed by atoms with Crippen LogP contribution in [0.5, 0.6) is 0 Å². The summed E-state index contributed by atoms with van der Waals surface area (Å²) in [5, 5.41) is 7.33. The van der Waals surface area contributed by atoms with Gasteiger partial charge in [-0.3, -0.25) is 9.67 Å². The van der Waals surface area contributed by atoms with Crippen molar-refractivity contribution >= 4 is 17.3 Å². The van der Waals surface area contributed by atoms with E-state index in [0.717, 1.165) is 11.4 Å². The second-order valence-corrected chi connectivity index (χ2v) is 3.36. The van der Waals surface area contributed by atoms with E-state index >= 15 is 0 Å². The fraction of sp³-hybridized carbons (Fsp3) is 0.222. The topological polar surface area (TPSA) is 93.7 Å². The van der Waals surface area contributed by atoms with Crippen molar-refractivity contribution in [2.24, 2.45) is 12.9 Å². The van der Waals surface area contributed by atoms with Gasteiger partial charge in [-0.2, -0.15) is 5.10 Å². The maximum Gasteiger partial charge on any atom is 0.160 e. The lowest BCUT2D eigenvalue weighted by atomic mass is 10.4. The van der Waals surface area contributed by atoms with E-state index in [9.17, 15) is 0 Å². The Morgan fingerprint density at radius 2 is 2.06 bits per heavy atom. The molecule has 2 aromatic rings. The number of hydrogen-bond acceptors (Lipinski definition) is 6. The Balaban J connectivity index is 2.23. The first kappa shape index (κ1) is 10.4. The zero-order chi connectivity index (χ0) is 11.5. The number of hydrogen-bond donors (Lipinski definition) is 3. The molecule has 0 aromatic carbocycles. The lowest BCUT2D eigenvalue weighted by Crippen LogP contribution is -2.09. The first-order chi connectivity index (χ1) is 7.69. The molecule has 2 aromatic heterocycles. The number of nitrogens with one attached hydrogen (secondary N) is 2. The number of anilines is 3. The maximum absolute atomic E-state index is 5.25. The summed E-state index contributed by atoms with van der Waals surface area (Å²) in [7, 11) is 1.86. The molecule has 0 fully saturated rings. The van der Waals surface area contributed by atoms with E-state index < -0.39 is 0 Å². The maximum atomic E-state index is 5.25. The number of aromatic nitrogens is 4. The van der Waals surface area contributed by atoms with Crippen molar-refractivity contribution in [1.82, 2.24) is 19.7 Å². The van der Waals surface area contributed by atoms with Crippen molar-refractivity contribution in [1.29, 1.82) is 0 Å². The van der Waals surface area contributed by atoms with Crippen LogP contribution < -0.4 is 16.6 Å². The monoisotopic (exact) mass is 219 g/mol. The van der Waals surface area contributed by atoms with Gasteiger partial charge in [0.25, 0.3) is 0 Å². The van der Waals surface area contributed by atoms with Gasteiger partial charge in [-0.15, -0.1) is 0 Å². The van der Waals surface area contributed by atoms with Gasteiger partial charge in [-0.1, -0.05) is 0 Å². The Morgan fingerprint density at radius 1 is 1.31 bits per heavy atom. The third kappa shape index (κ3) is 2.09. The molecule has 0 unspecified atom stereocenters. The highest BCUT2D eigenvalue weighted by Gasteiger charge is 2.04. The number of rotatable bonds is 3. The molecule has 0 amide bonds. The average Bonchev–Trinajstić information content (AvgIpc) is 2.58. The van der Waals surface area contributed by atoms with Crippen LogP contribution in [0.1, 0.15) is 5.69 Å². The molecule has 0 radical (unpaired) electrons. The molecule has 4 N–H and O–H groups in total. The Labute approximate surface area is 92.7 Å². The van der Waals surface area contributed by atoms with E-state index in [1.807, 2.05) is 20.2 Å². The molecule has 2 heterocycles. The van der Waals surface area contributed by atoms with E-state index in [4.69, 9.17) is 5.84 Å². The minimum Gasteiger partial charge on any atom is -0.336 e. The molecule has 0 spiro atoms. The summed E-state index contributed by atoms with van der Waals surface area (Å²) < 4.78 is 1.73. The van der Waals surface area contributed by atoms with Crippen LogP contribution in [0.2, 0.25) is 0 Å². The lowest BCUT2D eigenvalue weighted by Gasteiger charge is -2.04. The molecule has 0 atom stereocenters. The second-order valence-electron chi connectivity index (χ2n) is 3.36. The second kappa shape index (κ2) is 4.15. The molecule has 0 saturated carbocycles. The molecule has 7 heteroatoms.